The Hall–Kier alpha value is -3.94. The van der Waals surface area contributed by atoms with Gasteiger partial charge in [0, 0.05) is 17.1 Å². The maximum Gasteiger partial charge on any atom is 0.427 e. The van der Waals surface area contributed by atoms with Crippen molar-refractivity contribution in [1.29, 1.82) is 0 Å². The van der Waals surface area contributed by atoms with E-state index in [-0.39, 0.29) is 17.0 Å². The lowest BCUT2D eigenvalue weighted by Crippen LogP contribution is -2.59. The van der Waals surface area contributed by atoms with Gasteiger partial charge in [-0.3, -0.25) is 14.3 Å². The van der Waals surface area contributed by atoms with E-state index in [0.717, 1.165) is 12.1 Å². The first-order valence-electron chi connectivity index (χ1n) is 12.3. The van der Waals surface area contributed by atoms with Gasteiger partial charge in [-0.05, 0) is 62.2 Å². The quantitative estimate of drug-likeness (QED) is 0.335. The number of hydrogen-bond acceptors (Lipinski definition) is 6. The van der Waals surface area contributed by atoms with Crippen LogP contribution in [0, 0.1) is 0 Å². The van der Waals surface area contributed by atoms with Gasteiger partial charge >= 0.3 is 18.0 Å². The second-order valence-electron chi connectivity index (χ2n) is 8.83. The lowest BCUT2D eigenvalue weighted by Gasteiger charge is -2.38. The molecule has 15 heteroatoms. The summed E-state index contributed by atoms with van der Waals surface area (Å²) < 4.78 is 98.4. The summed E-state index contributed by atoms with van der Waals surface area (Å²) >= 11 is 5.83. The van der Waals surface area contributed by atoms with Gasteiger partial charge in [0.1, 0.15) is 17.2 Å². The van der Waals surface area contributed by atoms with E-state index in [0.29, 0.717) is 34.8 Å². The molecule has 0 amide bonds. The van der Waals surface area contributed by atoms with Gasteiger partial charge in [-0.25, -0.2) is 9.79 Å². The van der Waals surface area contributed by atoms with Gasteiger partial charge in [-0.1, -0.05) is 17.7 Å². The average Bonchev–Trinajstić information content (AvgIpc) is 2.88. The van der Waals surface area contributed by atoms with Gasteiger partial charge in [-0.15, -0.1) is 0 Å². The smallest absolute Gasteiger partial charge is 0.427 e. The van der Waals surface area contributed by atoms with Crippen LogP contribution in [0.4, 0.5) is 32.2 Å². The Morgan fingerprint density at radius 3 is 2.12 bits per heavy atom. The molecule has 220 valence electrons. The predicted molar refractivity (Wildman–Crippen MR) is 139 cm³/mol. The number of halogens is 7. The fourth-order valence-corrected chi connectivity index (χ4v) is 4.55. The fourth-order valence-electron chi connectivity index (χ4n) is 4.42. The van der Waals surface area contributed by atoms with Crippen LogP contribution in [0.1, 0.15) is 30.5 Å². The highest BCUT2D eigenvalue weighted by atomic mass is 35.5. The first-order chi connectivity index (χ1) is 19.2. The molecule has 0 bridgehead atoms. The van der Waals surface area contributed by atoms with Crippen molar-refractivity contribution in [2.75, 3.05) is 18.5 Å². The molecular weight excluding hydrogens is 582 g/mol. The zero-order valence-corrected chi connectivity index (χ0v) is 22.3. The van der Waals surface area contributed by atoms with Crippen LogP contribution in [0.25, 0.3) is 0 Å². The Morgan fingerprint density at radius 1 is 0.927 bits per heavy atom. The Kier molecular flexibility index (Phi) is 8.16. The van der Waals surface area contributed by atoms with E-state index < -0.39 is 52.9 Å². The molecular formula is C26H23ClF6N4O4. The Bertz CT molecular complexity index is 1570. The second kappa shape index (κ2) is 11.1. The molecule has 1 aliphatic rings. The number of amidine groups is 1. The summed E-state index contributed by atoms with van der Waals surface area (Å²) in [7, 11) is 0. The zero-order valence-electron chi connectivity index (χ0n) is 21.5. The molecule has 41 heavy (non-hydrogen) atoms. The number of ether oxygens (including phenoxy) is 2. The van der Waals surface area contributed by atoms with Crippen LogP contribution in [-0.4, -0.2) is 41.0 Å². The average molecular weight is 605 g/mol. The van der Waals surface area contributed by atoms with E-state index in [1.54, 1.807) is 37.0 Å². The van der Waals surface area contributed by atoms with Crippen molar-refractivity contribution in [2.24, 2.45) is 4.99 Å². The number of nitrogens with zero attached hydrogens (tertiary/aromatic N) is 2. The van der Waals surface area contributed by atoms with Gasteiger partial charge in [0.15, 0.2) is 11.5 Å². The molecule has 0 atom stereocenters. The molecule has 1 aliphatic heterocycles. The van der Waals surface area contributed by atoms with E-state index in [1.165, 1.54) is 12.1 Å². The van der Waals surface area contributed by atoms with E-state index in [4.69, 9.17) is 21.1 Å². The first kappa shape index (κ1) is 30.0. The number of aliphatic imine (C=N–C) groups is 1. The fraction of sp³-hybridized carbons (Fsp3) is 0.346. The first-order valence-corrected chi connectivity index (χ1v) is 12.6. The van der Waals surface area contributed by atoms with Crippen molar-refractivity contribution in [2.45, 2.75) is 44.7 Å². The number of H-pyrrole nitrogens is 1. The van der Waals surface area contributed by atoms with Crippen LogP contribution < -0.4 is 26.0 Å². The van der Waals surface area contributed by atoms with Crippen LogP contribution in [0.2, 0.25) is 5.02 Å². The molecule has 0 fully saturated rings. The number of aryl methyl sites for hydroxylation is 1. The van der Waals surface area contributed by atoms with Crippen molar-refractivity contribution >= 4 is 23.3 Å². The predicted octanol–water partition coefficient (Wildman–Crippen LogP) is 5.42. The van der Waals surface area contributed by atoms with Crippen molar-refractivity contribution in [3.8, 4) is 11.5 Å². The Balaban J connectivity index is 1.90. The van der Waals surface area contributed by atoms with Crippen LogP contribution in [0.3, 0.4) is 0 Å². The monoisotopic (exact) mass is 604 g/mol. The van der Waals surface area contributed by atoms with Crippen molar-refractivity contribution in [3.05, 3.63) is 85.0 Å². The van der Waals surface area contributed by atoms with E-state index in [1.807, 2.05) is 0 Å². The van der Waals surface area contributed by atoms with Crippen molar-refractivity contribution < 1.29 is 35.8 Å². The number of nitrogens with one attached hydrogen (secondary N) is 2. The molecule has 2 aromatic carbocycles. The largest absolute Gasteiger partial charge is 0.490 e. The number of anilines is 1. The molecule has 2 N–H and O–H groups in total. The molecule has 4 rings (SSSR count). The van der Waals surface area contributed by atoms with Crippen molar-refractivity contribution in [3.63, 3.8) is 0 Å². The molecule has 0 saturated heterocycles. The number of aromatic nitrogens is 2. The minimum absolute atomic E-state index is 0.0367. The standard InChI is InChI=1S/C26H23ClF6N4O4/c1-3-40-17-10-5-14(13-18(17)41-4-2)11-12-37-21-19(22(38)35-23(37)39)24(25(28,29)30,26(31,32)33)36-20(34-21)15-6-8-16(27)9-7-15/h5-10,13H,3-4,11-12H2,1-2H3,(H,34,36)(H,35,38,39). The number of fused-ring (bicyclic) bond motifs is 1. The summed E-state index contributed by atoms with van der Waals surface area (Å²) in [5, 5.41) is 2.55. The van der Waals surface area contributed by atoms with Crippen LogP contribution in [0.15, 0.2) is 57.0 Å². The van der Waals surface area contributed by atoms with Gasteiger partial charge in [-0.2, -0.15) is 26.3 Å². The topological polar surface area (TPSA) is 97.7 Å². The highest BCUT2D eigenvalue weighted by Gasteiger charge is 2.75. The molecule has 0 spiro atoms. The number of aromatic amines is 1. The Morgan fingerprint density at radius 2 is 1.54 bits per heavy atom. The van der Waals surface area contributed by atoms with Gasteiger partial charge in [0.2, 0.25) is 0 Å². The minimum Gasteiger partial charge on any atom is -0.490 e. The van der Waals surface area contributed by atoms with E-state index >= 15 is 0 Å². The zero-order chi connectivity index (χ0) is 30.2. The summed E-state index contributed by atoms with van der Waals surface area (Å²) in [5.74, 6) is -1.04. The third-order valence-electron chi connectivity index (χ3n) is 6.25. The highest BCUT2D eigenvalue weighted by Crippen LogP contribution is 2.55. The third-order valence-corrected chi connectivity index (χ3v) is 6.50. The third kappa shape index (κ3) is 5.52. The van der Waals surface area contributed by atoms with Crippen LogP contribution in [0.5, 0.6) is 11.5 Å². The normalized spacial score (nSPS) is 14.6. The highest BCUT2D eigenvalue weighted by molar-refractivity contribution is 6.30. The molecule has 3 aromatic rings. The molecule has 0 saturated carbocycles. The molecule has 8 nitrogen and oxygen atoms in total. The summed E-state index contributed by atoms with van der Waals surface area (Å²) in [6.45, 7) is 3.75. The molecule has 2 heterocycles. The van der Waals surface area contributed by atoms with Crippen molar-refractivity contribution in [1.82, 2.24) is 9.55 Å². The lowest BCUT2D eigenvalue weighted by atomic mass is 9.87. The number of alkyl halides is 6. The van der Waals surface area contributed by atoms with Gasteiger partial charge < -0.3 is 14.8 Å². The van der Waals surface area contributed by atoms with E-state index in [9.17, 15) is 35.9 Å². The SMILES string of the molecule is CCOc1ccc(CCn2c3c(c(=O)[nH]c2=O)C(C(F)(F)F)(C(F)(F)F)N=C(c2ccc(Cl)cc2)N3)cc1OCC. The summed E-state index contributed by atoms with van der Waals surface area (Å²) in [4.78, 5) is 30.2. The number of benzene rings is 2. The molecule has 0 aliphatic carbocycles. The molecule has 0 radical (unpaired) electrons. The number of hydrogen-bond donors (Lipinski definition) is 2. The summed E-state index contributed by atoms with van der Waals surface area (Å²) in [6.07, 6.45) is -12.3. The van der Waals surface area contributed by atoms with E-state index in [2.05, 4.69) is 10.3 Å². The maximum absolute atomic E-state index is 14.5. The molecule has 0 unspecified atom stereocenters. The van der Waals surface area contributed by atoms with Gasteiger partial charge in [0.05, 0.1) is 13.2 Å². The lowest BCUT2D eigenvalue weighted by molar-refractivity contribution is -0.301. The van der Waals surface area contributed by atoms with Gasteiger partial charge in [0.25, 0.3) is 11.1 Å². The maximum atomic E-state index is 14.5. The summed E-state index contributed by atoms with van der Waals surface area (Å²) in [6, 6.07) is 9.58. The number of rotatable bonds is 8. The van der Waals surface area contributed by atoms with Crippen LogP contribution >= 0.6 is 11.6 Å². The molecule has 1 aromatic heterocycles. The van der Waals surface area contributed by atoms with Crippen LogP contribution in [-0.2, 0) is 18.5 Å². The Labute approximate surface area is 233 Å². The second-order valence-corrected chi connectivity index (χ2v) is 9.27. The minimum atomic E-state index is -6.11. The summed E-state index contributed by atoms with van der Waals surface area (Å²) in [5.41, 5.74) is -9.51.